The van der Waals surface area contributed by atoms with Crippen molar-refractivity contribution >= 4 is 16.9 Å². The molecule has 1 fully saturated rings. The summed E-state index contributed by atoms with van der Waals surface area (Å²) in [5.74, 6) is 0.239. The number of anilines is 1. The van der Waals surface area contributed by atoms with Gasteiger partial charge in [0.25, 0.3) is 5.56 Å². The quantitative estimate of drug-likeness (QED) is 0.549. The van der Waals surface area contributed by atoms with E-state index in [4.69, 9.17) is 15.6 Å². The zero-order valence-corrected chi connectivity index (χ0v) is 9.98. The zero-order valence-electron chi connectivity index (χ0n) is 9.98. The molecule has 5 N–H and O–H groups in total. The van der Waals surface area contributed by atoms with E-state index in [1.807, 2.05) is 0 Å². The fraction of sp³-hybridized carbons (Fsp3) is 0.455. The number of hydrogen-bond acceptors (Lipinski definition) is 6. The van der Waals surface area contributed by atoms with Gasteiger partial charge in [0.05, 0.1) is 24.6 Å². The van der Waals surface area contributed by atoms with Crippen LogP contribution in [0.5, 0.6) is 0 Å². The number of aliphatic hydroxyl groups excluding tert-OH is 2. The van der Waals surface area contributed by atoms with Crippen LogP contribution in [0, 0.1) is 0 Å². The molecule has 8 heteroatoms. The highest BCUT2D eigenvalue weighted by atomic mass is 16.5. The second kappa shape index (κ2) is 4.34. The molecule has 0 spiro atoms. The van der Waals surface area contributed by atoms with Crippen molar-refractivity contribution in [1.29, 1.82) is 0 Å². The summed E-state index contributed by atoms with van der Waals surface area (Å²) in [6, 6.07) is 1.56. The van der Waals surface area contributed by atoms with Crippen LogP contribution in [0.1, 0.15) is 12.6 Å². The van der Waals surface area contributed by atoms with E-state index in [1.165, 1.54) is 6.33 Å². The standard InChI is InChI=1S/C11H14N4O4/c12-8-1-5-10(11(18)14-8)15(4-13-5)9-2-6(17)7(3-16)19-9/h1,4,6-7,9,16-17H,2-3H2,(H3,12,14,18)/t6-,7+,9-/m0/s1. The van der Waals surface area contributed by atoms with Gasteiger partial charge in [-0.2, -0.15) is 0 Å². The van der Waals surface area contributed by atoms with Crippen molar-refractivity contribution in [3.63, 3.8) is 0 Å². The summed E-state index contributed by atoms with van der Waals surface area (Å²) in [5, 5.41) is 18.8. The first-order valence-electron chi connectivity index (χ1n) is 5.90. The van der Waals surface area contributed by atoms with Crippen LogP contribution in [0.2, 0.25) is 0 Å². The third-order valence-corrected chi connectivity index (χ3v) is 3.28. The highest BCUT2D eigenvalue weighted by Gasteiger charge is 2.35. The molecule has 3 heterocycles. The maximum absolute atomic E-state index is 11.9. The van der Waals surface area contributed by atoms with E-state index < -0.39 is 18.4 Å². The summed E-state index contributed by atoms with van der Waals surface area (Å²) in [6.45, 7) is -0.270. The van der Waals surface area contributed by atoms with Crippen molar-refractivity contribution in [2.75, 3.05) is 12.3 Å². The highest BCUT2D eigenvalue weighted by molar-refractivity contribution is 5.76. The molecule has 0 aliphatic carbocycles. The predicted molar refractivity (Wildman–Crippen MR) is 66.4 cm³/mol. The van der Waals surface area contributed by atoms with Gasteiger partial charge >= 0.3 is 0 Å². The largest absolute Gasteiger partial charge is 0.394 e. The maximum atomic E-state index is 11.9. The number of rotatable bonds is 2. The molecule has 0 bridgehead atoms. The number of ether oxygens (including phenoxy) is 1. The van der Waals surface area contributed by atoms with E-state index in [2.05, 4.69) is 9.97 Å². The number of aromatic nitrogens is 3. The second-order valence-electron chi connectivity index (χ2n) is 4.55. The molecular weight excluding hydrogens is 252 g/mol. The van der Waals surface area contributed by atoms with Gasteiger partial charge in [0.2, 0.25) is 0 Å². The Morgan fingerprint density at radius 1 is 1.63 bits per heavy atom. The van der Waals surface area contributed by atoms with E-state index in [-0.39, 0.29) is 18.0 Å². The van der Waals surface area contributed by atoms with Gasteiger partial charge in [-0.3, -0.25) is 9.36 Å². The predicted octanol–water partition coefficient (Wildman–Crippen LogP) is -1.05. The van der Waals surface area contributed by atoms with Gasteiger partial charge in [-0.05, 0) is 0 Å². The fourth-order valence-corrected chi connectivity index (χ4v) is 2.36. The normalized spacial score (nSPS) is 27.2. The molecule has 0 saturated carbocycles. The molecule has 0 amide bonds. The minimum atomic E-state index is -0.764. The monoisotopic (exact) mass is 266 g/mol. The van der Waals surface area contributed by atoms with Crippen molar-refractivity contribution in [3.8, 4) is 0 Å². The second-order valence-corrected chi connectivity index (χ2v) is 4.55. The van der Waals surface area contributed by atoms with Gasteiger partial charge in [-0.15, -0.1) is 0 Å². The highest BCUT2D eigenvalue weighted by Crippen LogP contribution is 2.30. The molecule has 3 rings (SSSR count). The van der Waals surface area contributed by atoms with E-state index in [9.17, 15) is 9.90 Å². The minimum Gasteiger partial charge on any atom is -0.394 e. The Kier molecular flexibility index (Phi) is 2.77. The third kappa shape index (κ3) is 1.89. The van der Waals surface area contributed by atoms with Gasteiger partial charge in [0, 0.05) is 12.5 Å². The van der Waals surface area contributed by atoms with Crippen LogP contribution in [0.15, 0.2) is 17.2 Å². The molecule has 1 aliphatic heterocycles. The fourth-order valence-electron chi connectivity index (χ4n) is 2.36. The lowest BCUT2D eigenvalue weighted by Crippen LogP contribution is -2.24. The molecule has 19 heavy (non-hydrogen) atoms. The number of pyridine rings is 1. The van der Waals surface area contributed by atoms with Crippen molar-refractivity contribution in [2.24, 2.45) is 0 Å². The first kappa shape index (κ1) is 12.2. The summed E-state index contributed by atoms with van der Waals surface area (Å²) in [6.07, 6.45) is -0.172. The number of aliphatic hydroxyl groups is 2. The van der Waals surface area contributed by atoms with Crippen molar-refractivity contribution in [1.82, 2.24) is 14.5 Å². The molecule has 3 atom stereocenters. The number of hydrogen-bond donors (Lipinski definition) is 4. The molecule has 0 radical (unpaired) electrons. The first-order chi connectivity index (χ1) is 9.10. The molecule has 1 saturated heterocycles. The Hall–Kier alpha value is -1.90. The molecule has 2 aromatic rings. The summed E-state index contributed by atoms with van der Waals surface area (Å²) in [5.41, 5.74) is 5.98. The summed E-state index contributed by atoms with van der Waals surface area (Å²) in [7, 11) is 0. The lowest BCUT2D eigenvalue weighted by atomic mass is 10.2. The van der Waals surface area contributed by atoms with Crippen molar-refractivity contribution in [2.45, 2.75) is 24.9 Å². The smallest absolute Gasteiger partial charge is 0.275 e. The van der Waals surface area contributed by atoms with E-state index in [1.54, 1.807) is 10.6 Å². The number of imidazole rings is 1. The van der Waals surface area contributed by atoms with Gasteiger partial charge in [-0.1, -0.05) is 0 Å². The molecule has 0 unspecified atom stereocenters. The van der Waals surface area contributed by atoms with Gasteiger partial charge in [0.15, 0.2) is 0 Å². The topological polar surface area (TPSA) is 126 Å². The molecule has 8 nitrogen and oxygen atoms in total. The molecule has 1 aliphatic rings. The van der Waals surface area contributed by atoms with E-state index in [0.717, 1.165) is 0 Å². The Morgan fingerprint density at radius 3 is 3.11 bits per heavy atom. The molecular formula is C11H14N4O4. The van der Waals surface area contributed by atoms with Crippen LogP contribution in [-0.4, -0.2) is 43.6 Å². The van der Waals surface area contributed by atoms with Crippen molar-refractivity contribution < 1.29 is 14.9 Å². The maximum Gasteiger partial charge on any atom is 0.275 e. The molecule has 102 valence electrons. The van der Waals surface area contributed by atoms with Crippen LogP contribution >= 0.6 is 0 Å². The average molecular weight is 266 g/mol. The number of nitrogens with zero attached hydrogens (tertiary/aromatic N) is 2. The Balaban J connectivity index is 2.05. The summed E-state index contributed by atoms with van der Waals surface area (Å²) >= 11 is 0. The Labute approximate surface area is 107 Å². The van der Waals surface area contributed by atoms with Crippen LogP contribution in [0.25, 0.3) is 11.0 Å². The van der Waals surface area contributed by atoms with Crippen LogP contribution in [-0.2, 0) is 4.74 Å². The Bertz CT molecular complexity index is 664. The van der Waals surface area contributed by atoms with Crippen LogP contribution < -0.4 is 11.3 Å². The van der Waals surface area contributed by atoms with E-state index in [0.29, 0.717) is 17.5 Å². The van der Waals surface area contributed by atoms with E-state index >= 15 is 0 Å². The lowest BCUT2D eigenvalue weighted by Gasteiger charge is -2.13. The van der Waals surface area contributed by atoms with Crippen LogP contribution in [0.4, 0.5) is 5.82 Å². The number of nitrogens with two attached hydrogens (primary N) is 1. The number of fused-ring (bicyclic) bond motifs is 1. The number of nitrogen functional groups attached to an aromatic ring is 1. The number of aromatic amines is 1. The third-order valence-electron chi connectivity index (χ3n) is 3.28. The van der Waals surface area contributed by atoms with Gasteiger partial charge in [0.1, 0.15) is 23.7 Å². The number of nitrogens with one attached hydrogen (secondary N) is 1. The molecule has 0 aromatic carbocycles. The Morgan fingerprint density at radius 2 is 2.42 bits per heavy atom. The first-order valence-corrected chi connectivity index (χ1v) is 5.90. The van der Waals surface area contributed by atoms with Crippen molar-refractivity contribution in [3.05, 3.63) is 22.7 Å². The average Bonchev–Trinajstić information content (AvgIpc) is 2.92. The number of H-pyrrole nitrogens is 1. The SMILES string of the molecule is Nc1cc2ncn([C@@H]3C[C@H](O)[C@@H](CO)O3)c2c(=O)[nH]1. The lowest BCUT2D eigenvalue weighted by molar-refractivity contribution is -0.0431. The molecule has 2 aromatic heterocycles. The summed E-state index contributed by atoms with van der Waals surface area (Å²) in [4.78, 5) is 18.5. The zero-order chi connectivity index (χ0) is 13.6. The van der Waals surface area contributed by atoms with Gasteiger partial charge < -0.3 is 25.7 Å². The van der Waals surface area contributed by atoms with Gasteiger partial charge in [-0.25, -0.2) is 4.98 Å². The summed E-state index contributed by atoms with van der Waals surface area (Å²) < 4.78 is 7.05. The minimum absolute atomic E-state index is 0.239. The van der Waals surface area contributed by atoms with Crippen LogP contribution in [0.3, 0.4) is 0 Å².